The van der Waals surface area contributed by atoms with Crippen LogP contribution in [0.4, 0.5) is 4.39 Å². The summed E-state index contributed by atoms with van der Waals surface area (Å²) in [6.07, 6.45) is 3.63. The molecule has 1 heterocycles. The molecule has 0 aromatic heterocycles. The first-order chi connectivity index (χ1) is 8.15. The van der Waals surface area contributed by atoms with Gasteiger partial charge in [0.05, 0.1) is 6.10 Å². The third-order valence-electron chi connectivity index (χ3n) is 4.21. The molecule has 3 rings (SSSR count). The Hall–Kier alpha value is -0.890. The highest BCUT2D eigenvalue weighted by molar-refractivity contribution is 5.36. The van der Waals surface area contributed by atoms with Gasteiger partial charge in [-0.15, -0.1) is 0 Å². The molecule has 0 N–H and O–H groups in total. The zero-order valence-corrected chi connectivity index (χ0v) is 10.5. The fourth-order valence-electron chi connectivity index (χ4n) is 3.30. The first-order valence-corrected chi connectivity index (χ1v) is 6.55. The van der Waals surface area contributed by atoms with Crippen molar-refractivity contribution in [2.45, 2.75) is 39.2 Å². The van der Waals surface area contributed by atoms with Crippen molar-refractivity contribution in [2.75, 3.05) is 6.61 Å². The van der Waals surface area contributed by atoms with Gasteiger partial charge >= 0.3 is 0 Å². The fraction of sp³-hybridized carbons (Fsp3) is 0.600. The minimum atomic E-state index is -0.0911. The van der Waals surface area contributed by atoms with Crippen LogP contribution in [-0.4, -0.2) is 6.61 Å². The minimum absolute atomic E-state index is 0.0911. The average molecular weight is 234 g/mol. The Morgan fingerprint density at radius 3 is 3.00 bits per heavy atom. The largest absolute Gasteiger partial charge is 0.373 e. The number of hydrogen-bond acceptors (Lipinski definition) is 1. The summed E-state index contributed by atoms with van der Waals surface area (Å²) in [5.41, 5.74) is 3.15. The van der Waals surface area contributed by atoms with Crippen molar-refractivity contribution in [1.82, 2.24) is 0 Å². The average Bonchev–Trinajstić information content (AvgIpc) is 2.30. The highest BCUT2D eigenvalue weighted by Gasteiger charge is 2.35. The lowest BCUT2D eigenvalue weighted by Crippen LogP contribution is -2.31. The molecule has 0 bridgehead atoms. The molecule has 3 atom stereocenters. The lowest BCUT2D eigenvalue weighted by molar-refractivity contribution is -0.0615. The van der Waals surface area contributed by atoms with Crippen LogP contribution in [0.2, 0.25) is 0 Å². The van der Waals surface area contributed by atoms with E-state index in [0.29, 0.717) is 11.8 Å². The molecule has 1 aromatic carbocycles. The third-order valence-corrected chi connectivity index (χ3v) is 4.21. The molecule has 1 aliphatic heterocycles. The van der Waals surface area contributed by atoms with Gasteiger partial charge < -0.3 is 4.74 Å². The quantitative estimate of drug-likeness (QED) is 0.663. The van der Waals surface area contributed by atoms with Crippen molar-refractivity contribution in [3.63, 3.8) is 0 Å². The Bertz CT molecular complexity index is 441. The molecule has 2 heteroatoms. The smallest absolute Gasteiger partial charge is 0.126 e. The van der Waals surface area contributed by atoms with Crippen molar-refractivity contribution in [2.24, 2.45) is 11.8 Å². The summed E-state index contributed by atoms with van der Waals surface area (Å²) in [5.74, 6) is 1.15. The number of hydrogen-bond donors (Lipinski definition) is 0. The third kappa shape index (κ3) is 1.89. The second-order valence-electron chi connectivity index (χ2n) is 5.69. The molecular formula is C15H19FO. The van der Waals surface area contributed by atoms with Crippen LogP contribution >= 0.6 is 0 Å². The zero-order chi connectivity index (χ0) is 12.0. The molecule has 92 valence electrons. The number of benzene rings is 1. The predicted molar refractivity (Wildman–Crippen MR) is 65.4 cm³/mol. The van der Waals surface area contributed by atoms with Crippen LogP contribution in [0.25, 0.3) is 0 Å². The maximum absolute atomic E-state index is 13.7. The summed E-state index contributed by atoms with van der Waals surface area (Å²) in [4.78, 5) is 0. The Kier molecular flexibility index (Phi) is 2.70. The summed E-state index contributed by atoms with van der Waals surface area (Å²) in [5, 5.41) is 0. The van der Waals surface area contributed by atoms with E-state index in [1.165, 1.54) is 18.4 Å². The van der Waals surface area contributed by atoms with Crippen LogP contribution in [0.3, 0.4) is 0 Å². The van der Waals surface area contributed by atoms with E-state index in [1.54, 1.807) is 6.07 Å². The summed E-state index contributed by atoms with van der Waals surface area (Å²) in [7, 11) is 0. The molecule has 2 aliphatic rings. The van der Waals surface area contributed by atoms with Crippen molar-refractivity contribution in [3.05, 3.63) is 34.6 Å². The van der Waals surface area contributed by atoms with Crippen LogP contribution in [0.1, 0.15) is 42.6 Å². The molecule has 17 heavy (non-hydrogen) atoms. The molecular weight excluding hydrogens is 215 g/mol. The molecule has 1 nitrogen and oxygen atoms in total. The van der Waals surface area contributed by atoms with E-state index in [1.807, 2.05) is 13.0 Å². The van der Waals surface area contributed by atoms with E-state index < -0.39 is 0 Å². The molecule has 1 aliphatic carbocycles. The maximum Gasteiger partial charge on any atom is 0.126 e. The molecule has 1 saturated heterocycles. The number of rotatable bonds is 0. The van der Waals surface area contributed by atoms with E-state index in [9.17, 15) is 4.39 Å². The van der Waals surface area contributed by atoms with Crippen molar-refractivity contribution < 1.29 is 9.13 Å². The molecule has 1 fully saturated rings. The van der Waals surface area contributed by atoms with Gasteiger partial charge in [-0.25, -0.2) is 4.39 Å². The van der Waals surface area contributed by atoms with Gasteiger partial charge in [0.15, 0.2) is 0 Å². The topological polar surface area (TPSA) is 9.23 Å². The van der Waals surface area contributed by atoms with Gasteiger partial charge in [0.25, 0.3) is 0 Å². The van der Waals surface area contributed by atoms with Gasteiger partial charge in [0.1, 0.15) is 5.82 Å². The highest BCUT2D eigenvalue weighted by atomic mass is 19.1. The SMILES string of the molecule is Cc1cc2c(cc1F)C1OCC(C)CC1CC2. The Morgan fingerprint density at radius 2 is 2.18 bits per heavy atom. The molecule has 0 saturated carbocycles. The summed E-state index contributed by atoms with van der Waals surface area (Å²) in [6.45, 7) is 4.89. The standard InChI is InChI=1S/C15H19FO/c1-9-5-12-4-3-11-6-10(2)14(16)7-13(11)15(12)17-8-9/h6-7,9,12,15H,3-5,8H2,1-2H3. The first-order valence-electron chi connectivity index (χ1n) is 6.55. The second-order valence-corrected chi connectivity index (χ2v) is 5.69. The molecule has 0 amide bonds. The first kappa shape index (κ1) is 11.2. The lowest BCUT2D eigenvalue weighted by atomic mass is 9.75. The number of aryl methyl sites for hydroxylation is 2. The molecule has 1 aromatic rings. The van der Waals surface area contributed by atoms with E-state index in [4.69, 9.17) is 4.74 Å². The van der Waals surface area contributed by atoms with Crippen LogP contribution in [0.5, 0.6) is 0 Å². The predicted octanol–water partition coefficient (Wildman–Crippen LogP) is 3.79. The Balaban J connectivity index is 1.98. The van der Waals surface area contributed by atoms with Gasteiger partial charge in [-0.05, 0) is 60.8 Å². The van der Waals surface area contributed by atoms with Crippen LogP contribution in [-0.2, 0) is 11.2 Å². The van der Waals surface area contributed by atoms with Crippen LogP contribution < -0.4 is 0 Å². The maximum atomic E-state index is 13.7. The van der Waals surface area contributed by atoms with E-state index in [2.05, 4.69) is 6.92 Å². The van der Waals surface area contributed by atoms with Gasteiger partial charge in [-0.1, -0.05) is 13.0 Å². The summed E-state index contributed by atoms with van der Waals surface area (Å²) < 4.78 is 19.6. The molecule has 3 unspecified atom stereocenters. The summed E-state index contributed by atoms with van der Waals surface area (Å²) in [6, 6.07) is 3.71. The van der Waals surface area contributed by atoms with Crippen LogP contribution in [0, 0.1) is 24.6 Å². The molecule has 0 spiro atoms. The minimum Gasteiger partial charge on any atom is -0.373 e. The highest BCUT2D eigenvalue weighted by Crippen LogP contribution is 2.43. The Labute approximate surface area is 102 Å². The van der Waals surface area contributed by atoms with E-state index >= 15 is 0 Å². The number of ether oxygens (including phenoxy) is 1. The molecule has 0 radical (unpaired) electrons. The van der Waals surface area contributed by atoms with Gasteiger partial charge in [0, 0.05) is 6.61 Å². The van der Waals surface area contributed by atoms with Crippen molar-refractivity contribution in [1.29, 1.82) is 0 Å². The van der Waals surface area contributed by atoms with Gasteiger partial charge in [0.2, 0.25) is 0 Å². The van der Waals surface area contributed by atoms with Crippen molar-refractivity contribution in [3.8, 4) is 0 Å². The van der Waals surface area contributed by atoms with Crippen molar-refractivity contribution >= 4 is 0 Å². The van der Waals surface area contributed by atoms with Gasteiger partial charge in [-0.2, -0.15) is 0 Å². The zero-order valence-electron chi connectivity index (χ0n) is 10.5. The lowest BCUT2D eigenvalue weighted by Gasteiger charge is -2.39. The van der Waals surface area contributed by atoms with Gasteiger partial charge in [-0.3, -0.25) is 0 Å². The second kappa shape index (κ2) is 4.09. The van der Waals surface area contributed by atoms with E-state index in [-0.39, 0.29) is 11.9 Å². The normalized spacial score (nSPS) is 31.8. The fourth-order valence-corrected chi connectivity index (χ4v) is 3.30. The monoisotopic (exact) mass is 234 g/mol. The van der Waals surface area contributed by atoms with E-state index in [0.717, 1.165) is 24.2 Å². The summed E-state index contributed by atoms with van der Waals surface area (Å²) >= 11 is 0. The number of fused-ring (bicyclic) bond motifs is 3. The Morgan fingerprint density at radius 1 is 1.35 bits per heavy atom. The number of halogens is 1. The van der Waals surface area contributed by atoms with Crippen LogP contribution in [0.15, 0.2) is 12.1 Å².